The third kappa shape index (κ3) is 3.08. The van der Waals surface area contributed by atoms with Crippen LogP contribution in [0.25, 0.3) is 0 Å². The Kier molecular flexibility index (Phi) is 5.23. The van der Waals surface area contributed by atoms with E-state index in [1.54, 1.807) is 22.5 Å². The zero-order valence-corrected chi connectivity index (χ0v) is 14.2. The van der Waals surface area contributed by atoms with Gasteiger partial charge in [-0.3, -0.25) is 0 Å². The molecule has 0 amide bonds. The Bertz CT molecular complexity index is 562. The minimum Gasteiger partial charge on any atom is -0.311 e. The van der Waals surface area contributed by atoms with Crippen molar-refractivity contribution in [1.29, 1.82) is 0 Å². The van der Waals surface area contributed by atoms with Gasteiger partial charge in [0.25, 0.3) is 0 Å². The van der Waals surface area contributed by atoms with Crippen LogP contribution in [0.3, 0.4) is 0 Å². The predicted molar refractivity (Wildman–Crippen MR) is 84.2 cm³/mol. The quantitative estimate of drug-likeness (QED) is 0.897. The number of nitrogens with zero attached hydrogens (tertiary/aromatic N) is 1. The molecule has 2 unspecified atom stereocenters. The molecule has 1 aromatic carbocycles. The van der Waals surface area contributed by atoms with Crippen LogP contribution < -0.4 is 5.32 Å². The average molecular weight is 361 g/mol. The first-order valence-corrected chi connectivity index (χ1v) is 9.23. The Labute approximate surface area is 129 Å². The molecule has 0 aliphatic carbocycles. The second kappa shape index (κ2) is 6.56. The van der Waals surface area contributed by atoms with Crippen LogP contribution >= 0.6 is 15.9 Å². The summed E-state index contributed by atoms with van der Waals surface area (Å²) in [6.45, 7) is 5.37. The standard InChI is InChI=1S/C14H21BrN2O2S/c1-3-11-10-17(12(4-2)9-16-11)20(18,19)14-8-6-5-7-13(14)15/h5-8,11-12,16H,3-4,9-10H2,1-2H3. The van der Waals surface area contributed by atoms with Crippen molar-refractivity contribution in [3.63, 3.8) is 0 Å². The normalized spacial score (nSPS) is 24.8. The van der Waals surface area contributed by atoms with E-state index in [0.717, 1.165) is 19.4 Å². The van der Waals surface area contributed by atoms with Gasteiger partial charge in [-0.2, -0.15) is 4.31 Å². The lowest BCUT2D eigenvalue weighted by molar-refractivity contribution is 0.215. The summed E-state index contributed by atoms with van der Waals surface area (Å²) in [5.41, 5.74) is 0. The lowest BCUT2D eigenvalue weighted by Gasteiger charge is -2.39. The summed E-state index contributed by atoms with van der Waals surface area (Å²) < 4.78 is 28.1. The fourth-order valence-corrected chi connectivity index (χ4v) is 5.24. The van der Waals surface area contributed by atoms with Gasteiger partial charge in [0.15, 0.2) is 0 Å². The molecule has 2 rings (SSSR count). The molecule has 112 valence electrons. The summed E-state index contributed by atoms with van der Waals surface area (Å²) in [4.78, 5) is 0.357. The van der Waals surface area contributed by atoms with E-state index in [0.29, 0.717) is 15.9 Å². The van der Waals surface area contributed by atoms with Crippen LogP contribution in [0, 0.1) is 0 Å². The number of halogens is 1. The molecular weight excluding hydrogens is 340 g/mol. The predicted octanol–water partition coefficient (Wildman–Crippen LogP) is 2.60. The molecule has 4 nitrogen and oxygen atoms in total. The van der Waals surface area contributed by atoms with E-state index in [-0.39, 0.29) is 12.1 Å². The van der Waals surface area contributed by atoms with Crippen molar-refractivity contribution >= 4 is 26.0 Å². The summed E-state index contributed by atoms with van der Waals surface area (Å²) in [6, 6.07) is 7.28. The SMILES string of the molecule is CCC1CN(S(=O)(=O)c2ccccc2Br)C(CC)CN1. The van der Waals surface area contributed by atoms with Gasteiger partial charge in [0.1, 0.15) is 0 Å². The van der Waals surface area contributed by atoms with Crippen molar-refractivity contribution in [3.05, 3.63) is 28.7 Å². The zero-order valence-electron chi connectivity index (χ0n) is 11.8. The van der Waals surface area contributed by atoms with E-state index in [9.17, 15) is 8.42 Å². The molecule has 1 heterocycles. The first kappa shape index (κ1) is 15.9. The van der Waals surface area contributed by atoms with Gasteiger partial charge in [-0.15, -0.1) is 0 Å². The van der Waals surface area contributed by atoms with E-state index in [1.165, 1.54) is 0 Å². The fraction of sp³-hybridized carbons (Fsp3) is 0.571. The highest BCUT2D eigenvalue weighted by Crippen LogP contribution is 2.28. The number of sulfonamides is 1. The first-order valence-electron chi connectivity index (χ1n) is 7.00. The van der Waals surface area contributed by atoms with Gasteiger partial charge in [-0.1, -0.05) is 26.0 Å². The molecule has 0 bridgehead atoms. The lowest BCUT2D eigenvalue weighted by atomic mass is 10.1. The van der Waals surface area contributed by atoms with Crippen LogP contribution in [0.4, 0.5) is 0 Å². The summed E-state index contributed by atoms with van der Waals surface area (Å²) in [5, 5.41) is 3.42. The number of rotatable bonds is 4. The molecule has 6 heteroatoms. The Balaban J connectivity index is 2.38. The molecule has 20 heavy (non-hydrogen) atoms. The Morgan fingerprint density at radius 1 is 1.30 bits per heavy atom. The van der Waals surface area contributed by atoms with Crippen LogP contribution in [-0.2, 0) is 10.0 Å². The minimum absolute atomic E-state index is 0.0231. The van der Waals surface area contributed by atoms with E-state index >= 15 is 0 Å². The lowest BCUT2D eigenvalue weighted by Crippen LogP contribution is -2.57. The zero-order chi connectivity index (χ0) is 14.8. The van der Waals surface area contributed by atoms with E-state index in [2.05, 4.69) is 28.2 Å². The Hall–Kier alpha value is -0.430. The second-order valence-corrected chi connectivity index (χ2v) is 7.79. The van der Waals surface area contributed by atoms with Gasteiger partial charge in [-0.25, -0.2) is 8.42 Å². The van der Waals surface area contributed by atoms with Crippen molar-refractivity contribution in [3.8, 4) is 0 Å². The van der Waals surface area contributed by atoms with Crippen LogP contribution in [-0.4, -0.2) is 37.9 Å². The second-order valence-electron chi connectivity index (χ2n) is 5.08. The van der Waals surface area contributed by atoms with Crippen molar-refractivity contribution in [2.45, 2.75) is 43.7 Å². The number of hydrogen-bond donors (Lipinski definition) is 1. The fourth-order valence-electron chi connectivity index (χ4n) is 2.53. The molecule has 1 N–H and O–H groups in total. The number of benzene rings is 1. The van der Waals surface area contributed by atoms with Crippen molar-refractivity contribution < 1.29 is 8.42 Å². The Morgan fingerprint density at radius 3 is 2.60 bits per heavy atom. The molecule has 1 fully saturated rings. The molecule has 0 saturated carbocycles. The maximum atomic E-state index is 12.9. The summed E-state index contributed by atoms with van der Waals surface area (Å²) in [7, 11) is -3.45. The van der Waals surface area contributed by atoms with Crippen LogP contribution in [0.15, 0.2) is 33.6 Å². The highest BCUT2D eigenvalue weighted by atomic mass is 79.9. The summed E-state index contributed by atoms with van der Waals surface area (Å²) in [6.07, 6.45) is 1.74. The van der Waals surface area contributed by atoms with Crippen LogP contribution in [0.2, 0.25) is 0 Å². The topological polar surface area (TPSA) is 49.4 Å². The Morgan fingerprint density at radius 2 is 2.00 bits per heavy atom. The summed E-state index contributed by atoms with van der Waals surface area (Å²) in [5.74, 6) is 0. The average Bonchev–Trinajstić information content (AvgIpc) is 2.46. The van der Waals surface area contributed by atoms with E-state index < -0.39 is 10.0 Å². The number of hydrogen-bond acceptors (Lipinski definition) is 3. The van der Waals surface area contributed by atoms with Gasteiger partial charge in [0, 0.05) is 29.6 Å². The maximum Gasteiger partial charge on any atom is 0.244 e. The molecule has 0 aromatic heterocycles. The monoisotopic (exact) mass is 360 g/mol. The third-order valence-corrected chi connectivity index (χ3v) is 6.77. The largest absolute Gasteiger partial charge is 0.311 e. The van der Waals surface area contributed by atoms with Gasteiger partial charge in [0.2, 0.25) is 10.0 Å². The highest BCUT2D eigenvalue weighted by Gasteiger charge is 2.36. The van der Waals surface area contributed by atoms with Crippen molar-refractivity contribution in [2.75, 3.05) is 13.1 Å². The van der Waals surface area contributed by atoms with Crippen LogP contribution in [0.1, 0.15) is 26.7 Å². The smallest absolute Gasteiger partial charge is 0.244 e. The number of piperazine rings is 1. The maximum absolute atomic E-state index is 12.9. The van der Waals surface area contributed by atoms with Crippen molar-refractivity contribution in [2.24, 2.45) is 0 Å². The third-order valence-electron chi connectivity index (χ3n) is 3.84. The minimum atomic E-state index is -3.45. The molecule has 1 aliphatic rings. The van der Waals surface area contributed by atoms with Gasteiger partial charge in [-0.05, 0) is 40.9 Å². The van der Waals surface area contributed by atoms with Gasteiger partial charge < -0.3 is 5.32 Å². The number of nitrogens with one attached hydrogen (secondary N) is 1. The van der Waals surface area contributed by atoms with E-state index in [4.69, 9.17) is 0 Å². The molecule has 1 aromatic rings. The molecule has 0 spiro atoms. The van der Waals surface area contributed by atoms with Gasteiger partial charge in [0.05, 0.1) is 4.90 Å². The molecule has 0 radical (unpaired) electrons. The highest BCUT2D eigenvalue weighted by molar-refractivity contribution is 9.10. The van der Waals surface area contributed by atoms with Crippen molar-refractivity contribution in [1.82, 2.24) is 9.62 Å². The summed E-state index contributed by atoms with van der Waals surface area (Å²) >= 11 is 3.35. The molecule has 1 aliphatic heterocycles. The van der Waals surface area contributed by atoms with E-state index in [1.807, 2.05) is 13.0 Å². The molecular formula is C14H21BrN2O2S. The molecule has 1 saturated heterocycles. The molecule has 2 atom stereocenters. The first-order chi connectivity index (χ1) is 9.50. The van der Waals surface area contributed by atoms with Gasteiger partial charge >= 0.3 is 0 Å². The van der Waals surface area contributed by atoms with Crippen LogP contribution in [0.5, 0.6) is 0 Å².